The number of nitrogens with zero attached hydrogens (tertiary/aromatic N) is 1. The number of ether oxygens (including phenoxy) is 1. The van der Waals surface area contributed by atoms with Gasteiger partial charge in [-0.1, -0.05) is 5.92 Å². The van der Waals surface area contributed by atoms with Crippen LogP contribution in [0.2, 0.25) is 0 Å². The standard InChI is InChI=1S/C14H16N4O2/c1-4-7-20-10-5-6-12-11(8-10)13(18-17-12)16-14(19)15-9(2)3/h1,5-6,8-9H,7H2,2-3H3,(H3,15,16,17,18,19). The first kappa shape index (κ1) is 13.7. The molecule has 0 unspecified atom stereocenters. The summed E-state index contributed by atoms with van der Waals surface area (Å²) in [5, 5.41) is 13.1. The Morgan fingerprint density at radius 3 is 3.05 bits per heavy atom. The van der Waals surface area contributed by atoms with Crippen LogP contribution in [-0.4, -0.2) is 28.9 Å². The normalized spacial score (nSPS) is 10.3. The minimum Gasteiger partial charge on any atom is -0.481 e. The molecule has 0 spiro atoms. The number of amides is 2. The van der Waals surface area contributed by atoms with Gasteiger partial charge in [-0.15, -0.1) is 6.42 Å². The topological polar surface area (TPSA) is 79.0 Å². The molecule has 1 aromatic carbocycles. The third-order valence-electron chi connectivity index (χ3n) is 2.51. The second kappa shape index (κ2) is 5.97. The predicted molar refractivity (Wildman–Crippen MR) is 77.7 cm³/mol. The van der Waals surface area contributed by atoms with Crippen molar-refractivity contribution < 1.29 is 9.53 Å². The third kappa shape index (κ3) is 3.20. The van der Waals surface area contributed by atoms with Gasteiger partial charge in [0.25, 0.3) is 0 Å². The van der Waals surface area contributed by atoms with Gasteiger partial charge in [0, 0.05) is 11.4 Å². The summed E-state index contributed by atoms with van der Waals surface area (Å²) >= 11 is 0. The van der Waals surface area contributed by atoms with Gasteiger partial charge in [0.05, 0.1) is 5.52 Å². The zero-order chi connectivity index (χ0) is 14.5. The summed E-state index contributed by atoms with van der Waals surface area (Å²) in [7, 11) is 0. The Labute approximate surface area is 116 Å². The fraction of sp³-hybridized carbons (Fsp3) is 0.286. The number of urea groups is 1. The van der Waals surface area contributed by atoms with Crippen molar-refractivity contribution in [2.75, 3.05) is 11.9 Å². The van der Waals surface area contributed by atoms with E-state index in [0.717, 1.165) is 10.9 Å². The quantitative estimate of drug-likeness (QED) is 0.746. The number of rotatable bonds is 4. The molecule has 0 atom stereocenters. The number of nitrogens with one attached hydrogen (secondary N) is 3. The summed E-state index contributed by atoms with van der Waals surface area (Å²) in [4.78, 5) is 11.7. The van der Waals surface area contributed by atoms with Gasteiger partial charge in [-0.2, -0.15) is 5.10 Å². The Bertz CT molecular complexity index is 655. The van der Waals surface area contributed by atoms with E-state index < -0.39 is 0 Å². The van der Waals surface area contributed by atoms with Gasteiger partial charge in [0.15, 0.2) is 5.82 Å². The number of terminal acetylenes is 1. The number of benzene rings is 1. The van der Waals surface area contributed by atoms with Gasteiger partial charge in [-0.3, -0.25) is 10.4 Å². The molecule has 0 saturated carbocycles. The van der Waals surface area contributed by atoms with Crippen LogP contribution in [0.4, 0.5) is 10.6 Å². The van der Waals surface area contributed by atoms with E-state index in [4.69, 9.17) is 11.2 Å². The Morgan fingerprint density at radius 2 is 2.35 bits per heavy atom. The van der Waals surface area contributed by atoms with Gasteiger partial charge < -0.3 is 10.1 Å². The number of carbonyl (C=O) groups excluding carboxylic acids is 1. The summed E-state index contributed by atoms with van der Waals surface area (Å²) in [6, 6.07) is 5.13. The summed E-state index contributed by atoms with van der Waals surface area (Å²) in [5.41, 5.74) is 0.804. The maximum Gasteiger partial charge on any atom is 0.320 e. The molecule has 3 N–H and O–H groups in total. The molecule has 2 rings (SSSR count). The van der Waals surface area contributed by atoms with Crippen molar-refractivity contribution in [3.63, 3.8) is 0 Å². The molecule has 1 aromatic heterocycles. The summed E-state index contributed by atoms with van der Waals surface area (Å²) in [5.74, 6) is 3.48. The van der Waals surface area contributed by atoms with Gasteiger partial charge >= 0.3 is 6.03 Å². The number of hydrogen-bond acceptors (Lipinski definition) is 3. The molecule has 2 amide bonds. The zero-order valence-electron chi connectivity index (χ0n) is 11.4. The molecule has 20 heavy (non-hydrogen) atoms. The monoisotopic (exact) mass is 272 g/mol. The summed E-state index contributed by atoms with van der Waals surface area (Å²) in [6.07, 6.45) is 5.15. The first-order valence-electron chi connectivity index (χ1n) is 6.22. The molecule has 0 aliphatic carbocycles. The van der Waals surface area contributed by atoms with Crippen LogP contribution in [0.3, 0.4) is 0 Å². The lowest BCUT2D eigenvalue weighted by Crippen LogP contribution is -2.34. The molecule has 0 radical (unpaired) electrons. The zero-order valence-corrected chi connectivity index (χ0v) is 11.4. The van der Waals surface area contributed by atoms with Gasteiger partial charge in [-0.25, -0.2) is 4.79 Å². The number of aromatic amines is 1. The van der Waals surface area contributed by atoms with Crippen LogP contribution in [0.5, 0.6) is 5.75 Å². The first-order chi connectivity index (χ1) is 9.60. The second-order valence-electron chi connectivity index (χ2n) is 4.53. The molecule has 1 heterocycles. The predicted octanol–water partition coefficient (Wildman–Crippen LogP) is 2.10. The lowest BCUT2D eigenvalue weighted by molar-refractivity contribution is 0.250. The number of aromatic nitrogens is 2. The third-order valence-corrected chi connectivity index (χ3v) is 2.51. The number of carbonyl (C=O) groups is 1. The van der Waals surface area contributed by atoms with Crippen LogP contribution in [0.1, 0.15) is 13.8 Å². The van der Waals surface area contributed by atoms with Gasteiger partial charge in [0.1, 0.15) is 12.4 Å². The van der Waals surface area contributed by atoms with E-state index in [9.17, 15) is 4.79 Å². The molecular weight excluding hydrogens is 256 g/mol. The minimum absolute atomic E-state index is 0.0507. The van der Waals surface area contributed by atoms with Crippen molar-refractivity contribution in [2.45, 2.75) is 19.9 Å². The molecule has 6 heteroatoms. The lowest BCUT2D eigenvalue weighted by atomic mass is 10.2. The fourth-order valence-electron chi connectivity index (χ4n) is 1.71. The van der Waals surface area contributed by atoms with Crippen LogP contribution >= 0.6 is 0 Å². The Kier molecular flexibility index (Phi) is 4.11. The van der Waals surface area contributed by atoms with Crippen LogP contribution in [0, 0.1) is 12.3 Å². The van der Waals surface area contributed by atoms with Crippen molar-refractivity contribution in [3.05, 3.63) is 18.2 Å². The van der Waals surface area contributed by atoms with Crippen molar-refractivity contribution in [2.24, 2.45) is 0 Å². The molecule has 0 bridgehead atoms. The maximum absolute atomic E-state index is 11.7. The van der Waals surface area contributed by atoms with Crippen molar-refractivity contribution in [1.29, 1.82) is 0 Å². The highest BCUT2D eigenvalue weighted by Crippen LogP contribution is 2.25. The number of hydrogen-bond donors (Lipinski definition) is 3. The van der Waals surface area contributed by atoms with E-state index in [0.29, 0.717) is 11.6 Å². The Morgan fingerprint density at radius 1 is 1.55 bits per heavy atom. The minimum atomic E-state index is -0.302. The average Bonchev–Trinajstić information content (AvgIpc) is 2.78. The summed E-state index contributed by atoms with van der Waals surface area (Å²) < 4.78 is 5.35. The molecule has 0 aliphatic rings. The van der Waals surface area contributed by atoms with Crippen molar-refractivity contribution in [1.82, 2.24) is 15.5 Å². The van der Waals surface area contributed by atoms with Crippen LogP contribution in [0.25, 0.3) is 10.9 Å². The largest absolute Gasteiger partial charge is 0.481 e. The van der Waals surface area contributed by atoms with Crippen molar-refractivity contribution in [3.8, 4) is 18.1 Å². The fourth-order valence-corrected chi connectivity index (χ4v) is 1.71. The number of fused-ring (bicyclic) bond motifs is 1. The van der Waals surface area contributed by atoms with Crippen LogP contribution in [-0.2, 0) is 0 Å². The highest BCUT2D eigenvalue weighted by Gasteiger charge is 2.10. The van der Waals surface area contributed by atoms with E-state index in [1.165, 1.54) is 0 Å². The Hall–Kier alpha value is -2.68. The van der Waals surface area contributed by atoms with Crippen LogP contribution in [0.15, 0.2) is 18.2 Å². The average molecular weight is 272 g/mol. The lowest BCUT2D eigenvalue weighted by Gasteiger charge is -2.08. The van der Waals surface area contributed by atoms with E-state index >= 15 is 0 Å². The molecule has 2 aromatic rings. The van der Waals surface area contributed by atoms with Gasteiger partial charge in [-0.05, 0) is 32.0 Å². The second-order valence-corrected chi connectivity index (χ2v) is 4.53. The molecule has 6 nitrogen and oxygen atoms in total. The molecule has 0 aliphatic heterocycles. The SMILES string of the molecule is C#CCOc1ccc2[nH]nc(NC(=O)NC(C)C)c2c1. The highest BCUT2D eigenvalue weighted by atomic mass is 16.5. The molecule has 0 saturated heterocycles. The van der Waals surface area contributed by atoms with Crippen LogP contribution < -0.4 is 15.4 Å². The smallest absolute Gasteiger partial charge is 0.320 e. The van der Waals surface area contributed by atoms with Gasteiger partial charge in [0.2, 0.25) is 0 Å². The highest BCUT2D eigenvalue weighted by molar-refractivity contribution is 5.99. The van der Waals surface area contributed by atoms with E-state index in [1.807, 2.05) is 19.9 Å². The van der Waals surface area contributed by atoms with Crippen molar-refractivity contribution >= 4 is 22.8 Å². The molecule has 104 valence electrons. The maximum atomic E-state index is 11.7. The van der Waals surface area contributed by atoms with E-state index in [2.05, 4.69) is 26.8 Å². The molecular formula is C14H16N4O2. The number of anilines is 1. The summed E-state index contributed by atoms with van der Waals surface area (Å²) in [6.45, 7) is 3.96. The molecule has 0 fully saturated rings. The first-order valence-corrected chi connectivity index (χ1v) is 6.22. The van der Waals surface area contributed by atoms with E-state index in [-0.39, 0.29) is 18.7 Å². The number of H-pyrrole nitrogens is 1. The van der Waals surface area contributed by atoms with E-state index in [1.54, 1.807) is 12.1 Å². The Balaban J connectivity index is 2.21.